The van der Waals surface area contributed by atoms with E-state index in [1.165, 1.54) is 12.8 Å². The lowest BCUT2D eigenvalue weighted by Crippen LogP contribution is -2.29. The zero-order valence-corrected chi connectivity index (χ0v) is 10.5. The average molecular weight is 253 g/mol. The van der Waals surface area contributed by atoms with Gasteiger partial charge in [-0.2, -0.15) is 0 Å². The second-order valence-electron chi connectivity index (χ2n) is 3.76. The molecule has 0 unspecified atom stereocenters. The van der Waals surface area contributed by atoms with Crippen molar-refractivity contribution in [2.24, 2.45) is 13.0 Å². The van der Waals surface area contributed by atoms with Gasteiger partial charge in [0.1, 0.15) is 12.2 Å². The fourth-order valence-electron chi connectivity index (χ4n) is 1.84. The molecule has 1 aromatic rings. The quantitative estimate of drug-likeness (QED) is 0.861. The molecule has 0 aromatic carbocycles. The van der Waals surface area contributed by atoms with Gasteiger partial charge in [0.15, 0.2) is 0 Å². The Morgan fingerprint density at radius 1 is 1.40 bits per heavy atom. The summed E-state index contributed by atoms with van der Waals surface area (Å²) in [4.78, 5) is 0. The number of aromatic nitrogens is 3. The minimum Gasteiger partial charge on any atom is -0.321 e. The largest absolute Gasteiger partial charge is 0.321 e. The Kier molecular flexibility index (Phi) is 6.89. The molecule has 15 heavy (non-hydrogen) atoms. The summed E-state index contributed by atoms with van der Waals surface area (Å²) < 4.78 is 2.02. The van der Waals surface area contributed by atoms with Gasteiger partial charge in [-0.3, -0.25) is 0 Å². The zero-order chi connectivity index (χ0) is 9.10. The van der Waals surface area contributed by atoms with E-state index < -0.39 is 0 Å². The van der Waals surface area contributed by atoms with E-state index in [1.807, 2.05) is 11.6 Å². The fraction of sp³-hybridized carbons (Fsp3) is 0.778. The average Bonchev–Trinajstić information content (AvgIpc) is 2.54. The highest BCUT2D eigenvalue weighted by Gasteiger charge is 2.15. The van der Waals surface area contributed by atoms with Crippen LogP contribution < -0.4 is 5.32 Å². The Bertz CT molecular complexity index is 271. The highest BCUT2D eigenvalue weighted by molar-refractivity contribution is 5.85. The maximum atomic E-state index is 4.10. The van der Waals surface area contributed by atoms with Crippen LogP contribution in [0, 0.1) is 5.92 Å². The van der Waals surface area contributed by atoms with E-state index in [1.54, 1.807) is 6.33 Å². The molecule has 6 heteroatoms. The van der Waals surface area contributed by atoms with E-state index >= 15 is 0 Å². The number of rotatable bonds is 2. The summed E-state index contributed by atoms with van der Waals surface area (Å²) in [5.41, 5.74) is 0. The summed E-state index contributed by atoms with van der Waals surface area (Å²) in [7, 11) is 2.01. The van der Waals surface area contributed by atoms with Crippen molar-refractivity contribution in [2.45, 2.75) is 19.3 Å². The molecular formula is C9H18Cl2N4. The van der Waals surface area contributed by atoms with Crippen LogP contribution in [0.5, 0.6) is 0 Å². The lowest BCUT2D eigenvalue weighted by Gasteiger charge is -2.21. The van der Waals surface area contributed by atoms with Crippen LogP contribution in [0.25, 0.3) is 0 Å². The van der Waals surface area contributed by atoms with Gasteiger partial charge in [0.2, 0.25) is 0 Å². The monoisotopic (exact) mass is 252 g/mol. The van der Waals surface area contributed by atoms with Crippen LogP contribution in [0.15, 0.2) is 6.33 Å². The van der Waals surface area contributed by atoms with Gasteiger partial charge >= 0.3 is 0 Å². The predicted octanol–water partition coefficient (Wildman–Crippen LogP) is 1.20. The Balaban J connectivity index is 0.000000980. The first-order chi connectivity index (χ1) is 6.36. The van der Waals surface area contributed by atoms with E-state index in [2.05, 4.69) is 15.5 Å². The third-order valence-corrected chi connectivity index (χ3v) is 2.74. The van der Waals surface area contributed by atoms with Crippen LogP contribution in [0.4, 0.5) is 0 Å². The van der Waals surface area contributed by atoms with Gasteiger partial charge in [-0.15, -0.1) is 35.0 Å². The molecule has 0 radical (unpaired) electrons. The molecule has 1 saturated heterocycles. The van der Waals surface area contributed by atoms with Crippen molar-refractivity contribution in [3.05, 3.63) is 12.2 Å². The summed E-state index contributed by atoms with van der Waals surface area (Å²) in [5, 5.41) is 11.4. The first-order valence-electron chi connectivity index (χ1n) is 4.90. The number of hydrogen-bond donors (Lipinski definition) is 1. The minimum absolute atomic E-state index is 0. The van der Waals surface area contributed by atoms with Crippen molar-refractivity contribution < 1.29 is 0 Å². The van der Waals surface area contributed by atoms with E-state index in [-0.39, 0.29) is 24.8 Å². The number of halogens is 2. The molecule has 1 aliphatic heterocycles. The molecule has 0 bridgehead atoms. The number of nitrogens with one attached hydrogen (secondary N) is 1. The lowest BCUT2D eigenvalue weighted by molar-refractivity contribution is 0.364. The number of hydrogen-bond acceptors (Lipinski definition) is 3. The van der Waals surface area contributed by atoms with Crippen molar-refractivity contribution in [3.63, 3.8) is 0 Å². The Morgan fingerprint density at radius 3 is 2.60 bits per heavy atom. The third kappa shape index (κ3) is 3.97. The van der Waals surface area contributed by atoms with Crippen molar-refractivity contribution in [1.82, 2.24) is 20.1 Å². The topological polar surface area (TPSA) is 42.7 Å². The molecule has 1 N–H and O–H groups in total. The molecule has 2 heterocycles. The van der Waals surface area contributed by atoms with Crippen molar-refractivity contribution in [1.29, 1.82) is 0 Å². The van der Waals surface area contributed by atoms with Crippen LogP contribution in [-0.2, 0) is 13.5 Å². The van der Waals surface area contributed by atoms with E-state index in [0.717, 1.165) is 31.3 Å². The van der Waals surface area contributed by atoms with Crippen LogP contribution in [-0.4, -0.2) is 27.9 Å². The zero-order valence-electron chi connectivity index (χ0n) is 8.85. The Hall–Kier alpha value is -0.320. The number of piperidine rings is 1. The molecule has 0 aliphatic carbocycles. The summed E-state index contributed by atoms with van der Waals surface area (Å²) >= 11 is 0. The molecule has 2 rings (SSSR count). The maximum Gasteiger partial charge on any atom is 0.132 e. The Labute approximate surface area is 103 Å². The number of nitrogens with zero attached hydrogens (tertiary/aromatic N) is 3. The van der Waals surface area contributed by atoms with Crippen molar-refractivity contribution in [3.8, 4) is 0 Å². The van der Waals surface area contributed by atoms with E-state index in [4.69, 9.17) is 0 Å². The van der Waals surface area contributed by atoms with Crippen LogP contribution in [0.3, 0.4) is 0 Å². The molecular weight excluding hydrogens is 235 g/mol. The molecule has 1 aliphatic rings. The molecule has 1 aromatic heterocycles. The van der Waals surface area contributed by atoms with Gasteiger partial charge in [-0.05, 0) is 31.8 Å². The molecule has 0 amide bonds. The fourth-order valence-corrected chi connectivity index (χ4v) is 1.84. The molecule has 1 fully saturated rings. The summed E-state index contributed by atoms with van der Waals surface area (Å²) in [6.07, 6.45) is 5.40. The highest BCUT2D eigenvalue weighted by atomic mass is 35.5. The van der Waals surface area contributed by atoms with Gasteiger partial charge in [0, 0.05) is 13.5 Å². The van der Waals surface area contributed by atoms with Crippen molar-refractivity contribution >= 4 is 24.8 Å². The molecule has 0 spiro atoms. The molecule has 88 valence electrons. The molecule has 0 atom stereocenters. The van der Waals surface area contributed by atoms with Gasteiger partial charge < -0.3 is 9.88 Å². The first-order valence-corrected chi connectivity index (χ1v) is 4.90. The SMILES string of the molecule is Cl.Cl.Cn1cnnc1CC1CCNCC1. The third-order valence-electron chi connectivity index (χ3n) is 2.74. The Morgan fingerprint density at radius 2 is 2.07 bits per heavy atom. The van der Waals surface area contributed by atoms with Gasteiger partial charge in [-0.1, -0.05) is 0 Å². The minimum atomic E-state index is 0. The first kappa shape index (κ1) is 14.7. The smallest absolute Gasteiger partial charge is 0.132 e. The summed E-state index contributed by atoms with van der Waals surface area (Å²) in [6, 6.07) is 0. The van der Waals surface area contributed by atoms with Gasteiger partial charge in [0.05, 0.1) is 0 Å². The van der Waals surface area contributed by atoms with Gasteiger partial charge in [-0.25, -0.2) is 0 Å². The molecule has 4 nitrogen and oxygen atoms in total. The maximum absolute atomic E-state index is 4.10. The second kappa shape index (κ2) is 7.04. The van der Waals surface area contributed by atoms with Crippen LogP contribution >= 0.6 is 24.8 Å². The second-order valence-corrected chi connectivity index (χ2v) is 3.76. The van der Waals surface area contributed by atoms with Gasteiger partial charge in [0.25, 0.3) is 0 Å². The number of aryl methyl sites for hydroxylation is 1. The summed E-state index contributed by atoms with van der Waals surface area (Å²) in [6.45, 7) is 2.31. The lowest BCUT2D eigenvalue weighted by atomic mass is 9.94. The van der Waals surface area contributed by atoms with Crippen LogP contribution in [0.2, 0.25) is 0 Å². The normalized spacial score (nSPS) is 16.6. The predicted molar refractivity (Wildman–Crippen MR) is 64.8 cm³/mol. The molecule has 0 saturated carbocycles. The van der Waals surface area contributed by atoms with Crippen LogP contribution in [0.1, 0.15) is 18.7 Å². The van der Waals surface area contributed by atoms with Crippen molar-refractivity contribution in [2.75, 3.05) is 13.1 Å². The van der Waals surface area contributed by atoms with E-state index in [9.17, 15) is 0 Å². The van der Waals surface area contributed by atoms with E-state index in [0.29, 0.717) is 0 Å². The standard InChI is InChI=1S/C9H16N4.2ClH/c1-13-7-11-12-9(13)6-8-2-4-10-5-3-8;;/h7-8,10H,2-6H2,1H3;2*1H. The summed E-state index contributed by atoms with van der Waals surface area (Å²) in [5.74, 6) is 1.91. The highest BCUT2D eigenvalue weighted by Crippen LogP contribution is 2.15.